The minimum atomic E-state index is -0.339. The Morgan fingerprint density at radius 2 is 2.15 bits per heavy atom. The third kappa shape index (κ3) is 4.11. The highest BCUT2D eigenvalue weighted by molar-refractivity contribution is 7.12. The maximum Gasteiger partial charge on any atom is 0.261 e. The molecule has 0 saturated carbocycles. The van der Waals surface area contributed by atoms with E-state index in [1.54, 1.807) is 18.2 Å². The SMILES string of the molecule is Cc1nn(C)c(C)c1CNC(=O)c1cc(COc2cccc(F)c2)cs1. The van der Waals surface area contributed by atoms with Crippen molar-refractivity contribution in [2.24, 2.45) is 7.05 Å². The standard InChI is InChI=1S/C19H20FN3O2S/c1-12-17(13(2)23(3)22-12)9-21-19(24)18-7-14(11-26-18)10-25-16-6-4-5-15(20)8-16/h4-8,11H,9-10H2,1-3H3,(H,21,24). The summed E-state index contributed by atoms with van der Waals surface area (Å²) in [6, 6.07) is 7.79. The lowest BCUT2D eigenvalue weighted by Crippen LogP contribution is -2.22. The van der Waals surface area contributed by atoms with E-state index in [0.29, 0.717) is 17.2 Å². The fourth-order valence-corrected chi connectivity index (χ4v) is 3.44. The van der Waals surface area contributed by atoms with Gasteiger partial charge in [-0.2, -0.15) is 5.10 Å². The van der Waals surface area contributed by atoms with Crippen LogP contribution in [0.2, 0.25) is 0 Å². The van der Waals surface area contributed by atoms with Gasteiger partial charge in [0.1, 0.15) is 18.2 Å². The summed E-state index contributed by atoms with van der Waals surface area (Å²) in [4.78, 5) is 13.0. The lowest BCUT2D eigenvalue weighted by molar-refractivity contribution is 0.0955. The Kier molecular flexibility index (Phi) is 5.37. The van der Waals surface area contributed by atoms with Crippen LogP contribution in [-0.2, 0) is 20.2 Å². The molecule has 1 aromatic carbocycles. The van der Waals surface area contributed by atoms with Gasteiger partial charge >= 0.3 is 0 Å². The number of carbonyl (C=O) groups is 1. The zero-order valence-electron chi connectivity index (χ0n) is 14.9. The molecule has 0 radical (unpaired) electrons. The first-order chi connectivity index (χ1) is 12.4. The van der Waals surface area contributed by atoms with Crippen LogP contribution in [0.15, 0.2) is 35.7 Å². The van der Waals surface area contributed by atoms with Crippen LogP contribution in [0.4, 0.5) is 4.39 Å². The molecule has 3 aromatic rings. The molecule has 0 unspecified atom stereocenters. The maximum absolute atomic E-state index is 13.1. The smallest absolute Gasteiger partial charge is 0.261 e. The average Bonchev–Trinajstić information content (AvgIpc) is 3.17. The molecular weight excluding hydrogens is 353 g/mol. The number of hydrogen-bond acceptors (Lipinski definition) is 4. The second-order valence-corrected chi connectivity index (χ2v) is 6.93. The fraction of sp³-hybridized carbons (Fsp3) is 0.263. The first-order valence-electron chi connectivity index (χ1n) is 8.17. The molecule has 0 fully saturated rings. The van der Waals surface area contributed by atoms with Crippen LogP contribution in [0.5, 0.6) is 5.75 Å². The van der Waals surface area contributed by atoms with Gasteiger partial charge in [-0.15, -0.1) is 11.3 Å². The Bertz CT molecular complexity index is 933. The number of nitrogens with one attached hydrogen (secondary N) is 1. The van der Waals surface area contributed by atoms with Crippen LogP contribution < -0.4 is 10.1 Å². The van der Waals surface area contributed by atoms with E-state index in [1.807, 2.05) is 31.0 Å². The number of carbonyl (C=O) groups excluding carboxylic acids is 1. The number of amides is 1. The molecule has 5 nitrogen and oxygen atoms in total. The van der Waals surface area contributed by atoms with Gasteiger partial charge in [0.15, 0.2) is 0 Å². The molecule has 3 rings (SSSR count). The number of thiophene rings is 1. The van der Waals surface area contributed by atoms with Gasteiger partial charge in [0.2, 0.25) is 0 Å². The quantitative estimate of drug-likeness (QED) is 0.716. The number of aryl methyl sites for hydroxylation is 2. The highest BCUT2D eigenvalue weighted by Gasteiger charge is 2.13. The normalized spacial score (nSPS) is 10.8. The maximum atomic E-state index is 13.1. The third-order valence-corrected chi connectivity index (χ3v) is 5.14. The largest absolute Gasteiger partial charge is 0.489 e. The molecule has 2 aromatic heterocycles. The summed E-state index contributed by atoms with van der Waals surface area (Å²) in [6.07, 6.45) is 0. The molecule has 136 valence electrons. The summed E-state index contributed by atoms with van der Waals surface area (Å²) < 4.78 is 20.5. The topological polar surface area (TPSA) is 56.2 Å². The minimum absolute atomic E-state index is 0.130. The van der Waals surface area contributed by atoms with Gasteiger partial charge in [-0.05, 0) is 37.4 Å². The highest BCUT2D eigenvalue weighted by atomic mass is 32.1. The van der Waals surface area contributed by atoms with E-state index in [0.717, 1.165) is 22.5 Å². The summed E-state index contributed by atoms with van der Waals surface area (Å²) in [5.41, 5.74) is 3.86. The highest BCUT2D eigenvalue weighted by Crippen LogP contribution is 2.19. The van der Waals surface area contributed by atoms with Crippen molar-refractivity contribution in [3.8, 4) is 5.75 Å². The van der Waals surface area contributed by atoms with Crippen LogP contribution in [0.25, 0.3) is 0 Å². The van der Waals surface area contributed by atoms with E-state index >= 15 is 0 Å². The lowest BCUT2D eigenvalue weighted by Gasteiger charge is -2.05. The van der Waals surface area contributed by atoms with Crippen molar-refractivity contribution in [3.63, 3.8) is 0 Å². The van der Waals surface area contributed by atoms with E-state index in [9.17, 15) is 9.18 Å². The first-order valence-corrected chi connectivity index (χ1v) is 9.05. The van der Waals surface area contributed by atoms with Gasteiger partial charge < -0.3 is 10.1 Å². The number of ether oxygens (including phenoxy) is 1. The van der Waals surface area contributed by atoms with Gasteiger partial charge in [-0.1, -0.05) is 6.07 Å². The van der Waals surface area contributed by atoms with Crippen molar-refractivity contribution >= 4 is 17.2 Å². The Morgan fingerprint density at radius 3 is 2.85 bits per heavy atom. The van der Waals surface area contributed by atoms with E-state index in [4.69, 9.17) is 4.74 Å². The predicted molar refractivity (Wildman–Crippen MR) is 98.9 cm³/mol. The van der Waals surface area contributed by atoms with Crippen LogP contribution in [-0.4, -0.2) is 15.7 Å². The minimum Gasteiger partial charge on any atom is -0.489 e. The fourth-order valence-electron chi connectivity index (χ4n) is 2.62. The predicted octanol–water partition coefficient (Wildman–Crippen LogP) is 3.75. The van der Waals surface area contributed by atoms with Crippen molar-refractivity contribution in [1.29, 1.82) is 0 Å². The number of nitrogens with zero attached hydrogens (tertiary/aromatic N) is 2. The Morgan fingerprint density at radius 1 is 1.35 bits per heavy atom. The molecule has 0 atom stereocenters. The van der Waals surface area contributed by atoms with Gasteiger partial charge in [-0.3, -0.25) is 9.48 Å². The first kappa shape index (κ1) is 18.1. The summed E-state index contributed by atoms with van der Waals surface area (Å²) in [5.74, 6) is -0.00624. The molecule has 0 aliphatic rings. The number of hydrogen-bond donors (Lipinski definition) is 1. The Balaban J connectivity index is 1.57. The summed E-state index contributed by atoms with van der Waals surface area (Å²) in [7, 11) is 1.89. The van der Waals surface area contributed by atoms with Crippen LogP contribution in [0.3, 0.4) is 0 Å². The zero-order valence-corrected chi connectivity index (χ0v) is 15.7. The van der Waals surface area contributed by atoms with Crippen LogP contribution in [0.1, 0.15) is 32.2 Å². The molecule has 0 saturated heterocycles. The van der Waals surface area contributed by atoms with Gasteiger partial charge in [0.05, 0.1) is 10.6 Å². The number of halogens is 1. The molecule has 26 heavy (non-hydrogen) atoms. The summed E-state index contributed by atoms with van der Waals surface area (Å²) in [6.45, 7) is 4.64. The second-order valence-electron chi connectivity index (χ2n) is 6.02. The number of rotatable bonds is 6. The van der Waals surface area contributed by atoms with E-state index in [-0.39, 0.29) is 18.3 Å². The van der Waals surface area contributed by atoms with Crippen molar-refractivity contribution in [3.05, 3.63) is 68.9 Å². The Hall–Kier alpha value is -2.67. The summed E-state index contributed by atoms with van der Waals surface area (Å²) in [5, 5.41) is 9.15. The van der Waals surface area contributed by atoms with E-state index in [2.05, 4.69) is 10.4 Å². The van der Waals surface area contributed by atoms with Gasteiger partial charge in [-0.25, -0.2) is 4.39 Å². The molecule has 0 aliphatic heterocycles. The molecule has 7 heteroatoms. The average molecular weight is 373 g/mol. The van der Waals surface area contributed by atoms with E-state index < -0.39 is 0 Å². The number of aromatic nitrogens is 2. The second kappa shape index (κ2) is 7.70. The van der Waals surface area contributed by atoms with Gasteiger partial charge in [0.25, 0.3) is 5.91 Å². The van der Waals surface area contributed by atoms with Crippen LogP contribution >= 0.6 is 11.3 Å². The Labute approximate surface area is 155 Å². The number of benzene rings is 1. The molecule has 2 heterocycles. The van der Waals surface area contributed by atoms with Gasteiger partial charge in [0, 0.05) is 36.5 Å². The molecule has 0 bridgehead atoms. The van der Waals surface area contributed by atoms with E-state index in [1.165, 1.54) is 23.5 Å². The molecule has 1 amide bonds. The third-order valence-electron chi connectivity index (χ3n) is 4.16. The van der Waals surface area contributed by atoms with Crippen LogP contribution in [0, 0.1) is 19.7 Å². The molecule has 1 N–H and O–H groups in total. The molecular formula is C19H20FN3O2S. The zero-order chi connectivity index (χ0) is 18.7. The summed E-state index contributed by atoms with van der Waals surface area (Å²) >= 11 is 1.36. The molecule has 0 spiro atoms. The van der Waals surface area contributed by atoms with Crippen molar-refractivity contribution in [2.75, 3.05) is 0 Å². The lowest BCUT2D eigenvalue weighted by atomic mass is 10.2. The monoisotopic (exact) mass is 373 g/mol. The van der Waals surface area contributed by atoms with Crippen molar-refractivity contribution in [1.82, 2.24) is 15.1 Å². The van der Waals surface area contributed by atoms with Crippen molar-refractivity contribution in [2.45, 2.75) is 27.0 Å². The van der Waals surface area contributed by atoms with Crippen molar-refractivity contribution < 1.29 is 13.9 Å². The molecule has 0 aliphatic carbocycles.